The van der Waals surface area contributed by atoms with Crippen LogP contribution < -0.4 is 15.8 Å². The van der Waals surface area contributed by atoms with Crippen LogP contribution in [0.2, 0.25) is 0 Å². The fourth-order valence-electron chi connectivity index (χ4n) is 2.79. The molecule has 1 saturated carbocycles. The van der Waals surface area contributed by atoms with Gasteiger partial charge in [-0.15, -0.1) is 0 Å². The van der Waals surface area contributed by atoms with Crippen molar-refractivity contribution in [2.24, 2.45) is 11.8 Å². The van der Waals surface area contributed by atoms with Gasteiger partial charge in [-0.3, -0.25) is 0 Å². The van der Waals surface area contributed by atoms with Gasteiger partial charge in [0, 0.05) is 30.1 Å². The highest BCUT2D eigenvalue weighted by Gasteiger charge is 2.20. The third kappa shape index (κ3) is 3.31. The smallest absolute Gasteiger partial charge is 0.122 e. The van der Waals surface area contributed by atoms with E-state index in [0.29, 0.717) is 0 Å². The lowest BCUT2D eigenvalue weighted by Crippen LogP contribution is -2.24. The molecule has 0 radical (unpaired) electrons. The summed E-state index contributed by atoms with van der Waals surface area (Å²) in [5, 5.41) is 3.50. The zero-order chi connectivity index (χ0) is 13.0. The second-order valence-electron chi connectivity index (χ2n) is 5.40. The summed E-state index contributed by atoms with van der Waals surface area (Å²) in [6.45, 7) is 3.40. The van der Waals surface area contributed by atoms with E-state index in [9.17, 15) is 0 Å². The number of methoxy groups -OCH3 is 1. The monoisotopic (exact) mass is 248 g/mol. The predicted octanol–water partition coefficient (Wildman–Crippen LogP) is 3.52. The molecule has 0 aliphatic heterocycles. The summed E-state index contributed by atoms with van der Waals surface area (Å²) in [4.78, 5) is 0. The first-order valence-electron chi connectivity index (χ1n) is 6.87. The van der Waals surface area contributed by atoms with Gasteiger partial charge in [-0.2, -0.15) is 0 Å². The molecular weight excluding hydrogens is 224 g/mol. The lowest BCUT2D eigenvalue weighted by Gasteiger charge is -2.29. The van der Waals surface area contributed by atoms with Crippen molar-refractivity contribution in [1.82, 2.24) is 0 Å². The van der Waals surface area contributed by atoms with Crippen LogP contribution in [0.25, 0.3) is 0 Å². The summed E-state index contributed by atoms with van der Waals surface area (Å²) in [5.74, 6) is 2.43. The summed E-state index contributed by atoms with van der Waals surface area (Å²) in [7, 11) is 1.67. The zero-order valence-corrected chi connectivity index (χ0v) is 11.4. The molecule has 1 aliphatic rings. The standard InChI is InChI=1S/C15H24N2O/c1-11-5-3-4-6-12(11)10-17-14-7-13(16)8-15(9-14)18-2/h7-9,11-12,17H,3-6,10,16H2,1-2H3. The number of ether oxygens (including phenoxy) is 1. The third-order valence-corrected chi connectivity index (χ3v) is 4.02. The number of benzene rings is 1. The minimum Gasteiger partial charge on any atom is -0.497 e. The van der Waals surface area contributed by atoms with Gasteiger partial charge in [-0.1, -0.05) is 26.2 Å². The molecule has 1 aliphatic carbocycles. The number of nitrogens with two attached hydrogens (primary N) is 1. The molecule has 1 fully saturated rings. The first kappa shape index (κ1) is 13.1. The summed E-state index contributed by atoms with van der Waals surface area (Å²) >= 11 is 0. The van der Waals surface area contributed by atoms with Crippen LogP contribution in [0.5, 0.6) is 5.75 Å². The highest BCUT2D eigenvalue weighted by molar-refractivity contribution is 5.59. The number of anilines is 2. The van der Waals surface area contributed by atoms with Gasteiger partial charge in [0.05, 0.1) is 7.11 Å². The Morgan fingerprint density at radius 3 is 2.78 bits per heavy atom. The van der Waals surface area contributed by atoms with Gasteiger partial charge >= 0.3 is 0 Å². The fraction of sp³-hybridized carbons (Fsp3) is 0.600. The molecule has 2 unspecified atom stereocenters. The molecule has 1 aromatic carbocycles. The molecule has 3 nitrogen and oxygen atoms in total. The normalized spacial score (nSPS) is 23.7. The number of hydrogen-bond acceptors (Lipinski definition) is 3. The van der Waals surface area contributed by atoms with Crippen molar-refractivity contribution in [2.75, 3.05) is 24.7 Å². The number of nitrogen functional groups attached to an aromatic ring is 1. The molecule has 2 rings (SSSR count). The Morgan fingerprint density at radius 2 is 2.06 bits per heavy atom. The second-order valence-corrected chi connectivity index (χ2v) is 5.40. The van der Waals surface area contributed by atoms with Crippen molar-refractivity contribution in [3.05, 3.63) is 18.2 Å². The van der Waals surface area contributed by atoms with Crippen molar-refractivity contribution in [3.8, 4) is 5.75 Å². The molecule has 3 N–H and O–H groups in total. The maximum Gasteiger partial charge on any atom is 0.122 e. The van der Waals surface area contributed by atoms with E-state index in [1.54, 1.807) is 7.11 Å². The van der Waals surface area contributed by atoms with Crippen LogP contribution in [0, 0.1) is 11.8 Å². The van der Waals surface area contributed by atoms with Crippen molar-refractivity contribution < 1.29 is 4.74 Å². The SMILES string of the molecule is COc1cc(N)cc(NCC2CCCCC2C)c1. The van der Waals surface area contributed by atoms with E-state index in [1.807, 2.05) is 18.2 Å². The molecule has 3 heteroatoms. The highest BCUT2D eigenvalue weighted by Crippen LogP contribution is 2.30. The van der Waals surface area contributed by atoms with E-state index in [-0.39, 0.29) is 0 Å². The summed E-state index contributed by atoms with van der Waals surface area (Å²) in [5.41, 5.74) is 7.65. The van der Waals surface area contributed by atoms with Crippen LogP contribution in [0.1, 0.15) is 32.6 Å². The number of rotatable bonds is 4. The van der Waals surface area contributed by atoms with Crippen molar-refractivity contribution in [1.29, 1.82) is 0 Å². The highest BCUT2D eigenvalue weighted by atomic mass is 16.5. The predicted molar refractivity (Wildman–Crippen MR) is 77.0 cm³/mol. The minimum atomic E-state index is 0.744. The van der Waals surface area contributed by atoms with Gasteiger partial charge in [0.25, 0.3) is 0 Å². The van der Waals surface area contributed by atoms with Gasteiger partial charge in [0.1, 0.15) is 5.75 Å². The van der Waals surface area contributed by atoms with E-state index in [2.05, 4.69) is 12.2 Å². The minimum absolute atomic E-state index is 0.744. The molecule has 100 valence electrons. The molecule has 0 aromatic heterocycles. The average Bonchev–Trinajstić information content (AvgIpc) is 2.37. The van der Waals surface area contributed by atoms with Crippen LogP contribution in [0.3, 0.4) is 0 Å². The first-order chi connectivity index (χ1) is 8.69. The van der Waals surface area contributed by atoms with Crippen LogP contribution in [0.4, 0.5) is 11.4 Å². The van der Waals surface area contributed by atoms with Gasteiger partial charge in [0.15, 0.2) is 0 Å². The molecule has 2 atom stereocenters. The molecule has 0 bridgehead atoms. The van der Waals surface area contributed by atoms with Crippen molar-refractivity contribution >= 4 is 11.4 Å². The van der Waals surface area contributed by atoms with Crippen LogP contribution >= 0.6 is 0 Å². The zero-order valence-electron chi connectivity index (χ0n) is 11.4. The Labute approximate surface area is 110 Å². The molecular formula is C15H24N2O. The van der Waals surface area contributed by atoms with E-state index >= 15 is 0 Å². The largest absolute Gasteiger partial charge is 0.497 e. The topological polar surface area (TPSA) is 47.3 Å². The number of nitrogens with one attached hydrogen (secondary N) is 1. The summed E-state index contributed by atoms with van der Waals surface area (Å²) in [6.07, 6.45) is 5.47. The third-order valence-electron chi connectivity index (χ3n) is 4.02. The Morgan fingerprint density at radius 1 is 1.28 bits per heavy atom. The Kier molecular flexibility index (Phi) is 4.34. The van der Waals surface area contributed by atoms with Gasteiger partial charge < -0.3 is 15.8 Å². The molecule has 0 amide bonds. The number of hydrogen-bond donors (Lipinski definition) is 2. The molecule has 0 saturated heterocycles. The maximum atomic E-state index is 5.85. The molecule has 18 heavy (non-hydrogen) atoms. The van der Waals surface area contributed by atoms with Gasteiger partial charge in [0.2, 0.25) is 0 Å². The first-order valence-corrected chi connectivity index (χ1v) is 6.87. The molecule has 0 heterocycles. The average molecular weight is 248 g/mol. The quantitative estimate of drug-likeness (QED) is 0.801. The van der Waals surface area contributed by atoms with Crippen molar-refractivity contribution in [3.63, 3.8) is 0 Å². The molecule has 0 spiro atoms. The fourth-order valence-corrected chi connectivity index (χ4v) is 2.79. The second kappa shape index (κ2) is 5.98. The van der Waals surface area contributed by atoms with E-state index < -0.39 is 0 Å². The lowest BCUT2D eigenvalue weighted by atomic mass is 9.80. The van der Waals surface area contributed by atoms with Crippen LogP contribution in [-0.4, -0.2) is 13.7 Å². The van der Waals surface area contributed by atoms with E-state index in [4.69, 9.17) is 10.5 Å². The Balaban J connectivity index is 1.94. The van der Waals surface area contributed by atoms with Crippen LogP contribution in [0.15, 0.2) is 18.2 Å². The van der Waals surface area contributed by atoms with E-state index in [0.717, 1.165) is 35.5 Å². The van der Waals surface area contributed by atoms with Crippen LogP contribution in [-0.2, 0) is 0 Å². The van der Waals surface area contributed by atoms with E-state index in [1.165, 1.54) is 25.7 Å². The Hall–Kier alpha value is -1.38. The van der Waals surface area contributed by atoms with Crippen molar-refractivity contribution in [2.45, 2.75) is 32.6 Å². The van der Waals surface area contributed by atoms with Gasteiger partial charge in [-0.25, -0.2) is 0 Å². The Bertz CT molecular complexity index is 392. The molecule has 1 aromatic rings. The lowest BCUT2D eigenvalue weighted by molar-refractivity contribution is 0.268. The van der Waals surface area contributed by atoms with Gasteiger partial charge in [-0.05, 0) is 24.3 Å². The maximum absolute atomic E-state index is 5.85. The summed E-state index contributed by atoms with van der Waals surface area (Å²) < 4.78 is 5.23. The summed E-state index contributed by atoms with van der Waals surface area (Å²) in [6, 6.07) is 5.81.